The Morgan fingerprint density at radius 2 is 1.83 bits per heavy atom. The van der Waals surface area contributed by atoms with Crippen molar-refractivity contribution in [3.63, 3.8) is 0 Å². The Labute approximate surface area is 210 Å². The molecular weight excluding hydrogens is 462 g/mol. The maximum atomic E-state index is 13.3. The predicted octanol–water partition coefficient (Wildman–Crippen LogP) is 2.95. The van der Waals surface area contributed by atoms with Crippen LogP contribution in [-0.2, 0) is 19.1 Å². The number of Topliss-reactive ketones (excluding diaryl/α,β-unsaturated/α-hetero) is 1. The quantitative estimate of drug-likeness (QED) is 0.251. The number of benzene rings is 1. The number of H-pyrrole nitrogens is 1. The van der Waals surface area contributed by atoms with E-state index in [0.29, 0.717) is 43.0 Å². The van der Waals surface area contributed by atoms with Crippen LogP contribution in [0.15, 0.2) is 35.9 Å². The van der Waals surface area contributed by atoms with Gasteiger partial charge < -0.3 is 24.5 Å². The summed E-state index contributed by atoms with van der Waals surface area (Å²) in [5.74, 6) is -2.20. The average molecular weight is 496 g/mol. The molecule has 1 atom stereocenters. The van der Waals surface area contributed by atoms with E-state index < -0.39 is 23.7 Å². The van der Waals surface area contributed by atoms with Gasteiger partial charge in [-0.15, -0.1) is 0 Å². The van der Waals surface area contributed by atoms with Gasteiger partial charge in [0.15, 0.2) is 0 Å². The van der Waals surface area contributed by atoms with Gasteiger partial charge in [0, 0.05) is 37.4 Å². The number of morpholine rings is 1. The van der Waals surface area contributed by atoms with E-state index in [1.165, 1.54) is 0 Å². The second kappa shape index (κ2) is 11.1. The fourth-order valence-corrected chi connectivity index (χ4v) is 5.03. The Morgan fingerprint density at radius 1 is 1.14 bits per heavy atom. The SMILES string of the molecule is CCOC(=O)c1[nH]c(C)c(C(O)=C2C(=O)C(=O)N(CCCN3CCOCC3)[C@@H]2c2ccccc2)c1C. The van der Waals surface area contributed by atoms with Gasteiger partial charge in [0.05, 0.1) is 31.4 Å². The minimum absolute atomic E-state index is 0.0261. The van der Waals surface area contributed by atoms with Crippen molar-refractivity contribution in [3.8, 4) is 0 Å². The number of ether oxygens (including phenoxy) is 2. The predicted molar refractivity (Wildman–Crippen MR) is 134 cm³/mol. The number of aliphatic hydroxyl groups is 1. The van der Waals surface area contributed by atoms with E-state index in [9.17, 15) is 19.5 Å². The van der Waals surface area contributed by atoms with Gasteiger partial charge in [0.25, 0.3) is 11.7 Å². The smallest absolute Gasteiger partial charge is 0.355 e. The van der Waals surface area contributed by atoms with Crippen molar-refractivity contribution in [2.45, 2.75) is 33.2 Å². The van der Waals surface area contributed by atoms with E-state index in [4.69, 9.17) is 9.47 Å². The fourth-order valence-electron chi connectivity index (χ4n) is 5.03. The highest BCUT2D eigenvalue weighted by Crippen LogP contribution is 2.40. The van der Waals surface area contributed by atoms with Crippen LogP contribution in [0.3, 0.4) is 0 Å². The number of carbonyl (C=O) groups is 3. The van der Waals surface area contributed by atoms with Crippen molar-refractivity contribution in [1.82, 2.24) is 14.8 Å². The summed E-state index contributed by atoms with van der Waals surface area (Å²) in [4.78, 5) is 45.7. The minimum atomic E-state index is -0.731. The zero-order valence-corrected chi connectivity index (χ0v) is 21.0. The molecule has 0 radical (unpaired) electrons. The maximum absolute atomic E-state index is 13.3. The number of hydrogen-bond donors (Lipinski definition) is 2. The molecule has 1 aromatic heterocycles. The molecule has 192 valence electrons. The van der Waals surface area contributed by atoms with E-state index in [1.807, 2.05) is 30.3 Å². The van der Waals surface area contributed by atoms with E-state index in [-0.39, 0.29) is 23.6 Å². The first-order chi connectivity index (χ1) is 17.3. The van der Waals surface area contributed by atoms with Gasteiger partial charge in [-0.3, -0.25) is 14.5 Å². The molecule has 3 heterocycles. The van der Waals surface area contributed by atoms with Crippen LogP contribution in [0.5, 0.6) is 0 Å². The van der Waals surface area contributed by atoms with E-state index in [2.05, 4.69) is 9.88 Å². The topological polar surface area (TPSA) is 112 Å². The summed E-state index contributed by atoms with van der Waals surface area (Å²) in [6.45, 7) is 9.54. The molecule has 2 fully saturated rings. The molecule has 0 spiro atoms. The number of aryl methyl sites for hydroxylation is 1. The second-order valence-electron chi connectivity index (χ2n) is 9.06. The number of aromatic amines is 1. The number of amides is 1. The van der Waals surface area contributed by atoms with Gasteiger partial charge in [-0.05, 0) is 38.3 Å². The van der Waals surface area contributed by atoms with E-state index in [0.717, 1.165) is 25.2 Å². The summed E-state index contributed by atoms with van der Waals surface area (Å²) in [7, 11) is 0. The lowest BCUT2D eigenvalue weighted by atomic mass is 9.94. The first kappa shape index (κ1) is 25.7. The van der Waals surface area contributed by atoms with Crippen LogP contribution in [0, 0.1) is 13.8 Å². The van der Waals surface area contributed by atoms with Crippen molar-refractivity contribution in [1.29, 1.82) is 0 Å². The van der Waals surface area contributed by atoms with Gasteiger partial charge >= 0.3 is 5.97 Å². The molecule has 9 heteroatoms. The second-order valence-corrected chi connectivity index (χ2v) is 9.06. The molecule has 36 heavy (non-hydrogen) atoms. The Bertz CT molecular complexity index is 1160. The molecule has 0 saturated carbocycles. The number of carbonyl (C=O) groups excluding carboxylic acids is 3. The molecule has 0 aliphatic carbocycles. The summed E-state index contributed by atoms with van der Waals surface area (Å²) < 4.78 is 10.5. The number of nitrogens with one attached hydrogen (secondary N) is 1. The molecule has 1 aromatic carbocycles. The maximum Gasteiger partial charge on any atom is 0.355 e. The highest BCUT2D eigenvalue weighted by Gasteiger charge is 2.46. The third-order valence-corrected chi connectivity index (χ3v) is 6.79. The number of hydrogen-bond acceptors (Lipinski definition) is 7. The molecule has 2 saturated heterocycles. The van der Waals surface area contributed by atoms with Crippen molar-refractivity contribution in [2.75, 3.05) is 46.0 Å². The molecule has 1 amide bonds. The molecule has 2 aromatic rings. The van der Waals surface area contributed by atoms with Crippen LogP contribution >= 0.6 is 0 Å². The fraction of sp³-hybridized carbons (Fsp3) is 0.444. The molecule has 0 unspecified atom stereocenters. The molecule has 2 aliphatic rings. The first-order valence-corrected chi connectivity index (χ1v) is 12.3. The molecule has 2 N–H and O–H groups in total. The number of rotatable bonds is 8. The van der Waals surface area contributed by atoms with Crippen LogP contribution in [0.1, 0.15) is 52.3 Å². The average Bonchev–Trinajstić information content (AvgIpc) is 3.32. The van der Waals surface area contributed by atoms with Gasteiger partial charge in [0.1, 0.15) is 11.5 Å². The number of likely N-dealkylation sites (tertiary alicyclic amines) is 1. The van der Waals surface area contributed by atoms with Crippen LogP contribution in [0.25, 0.3) is 5.76 Å². The zero-order valence-electron chi connectivity index (χ0n) is 21.0. The molecule has 2 aliphatic heterocycles. The Hall–Kier alpha value is -3.43. The van der Waals surface area contributed by atoms with Crippen molar-refractivity contribution in [2.24, 2.45) is 0 Å². The van der Waals surface area contributed by atoms with Crippen molar-refractivity contribution >= 4 is 23.4 Å². The van der Waals surface area contributed by atoms with Gasteiger partial charge in [-0.2, -0.15) is 0 Å². The van der Waals surface area contributed by atoms with Crippen molar-refractivity contribution in [3.05, 3.63) is 64.0 Å². The van der Waals surface area contributed by atoms with Gasteiger partial charge in [-0.1, -0.05) is 30.3 Å². The third-order valence-electron chi connectivity index (χ3n) is 6.79. The Balaban J connectivity index is 1.71. The van der Waals surface area contributed by atoms with Crippen LogP contribution in [-0.4, -0.2) is 83.5 Å². The first-order valence-electron chi connectivity index (χ1n) is 12.3. The number of nitrogens with zero attached hydrogens (tertiary/aromatic N) is 2. The molecule has 9 nitrogen and oxygen atoms in total. The van der Waals surface area contributed by atoms with Crippen LogP contribution in [0.2, 0.25) is 0 Å². The standard InChI is InChI=1S/C27H33N3O6/c1-4-36-27(34)22-17(2)20(18(3)28-22)24(31)21-23(19-9-6-5-7-10-19)30(26(33)25(21)32)12-8-11-29-13-15-35-16-14-29/h5-7,9-10,23,28,31H,4,8,11-16H2,1-3H3/t23-/m1/s1. The normalized spacial score (nSPS) is 20.2. The number of esters is 1. The summed E-state index contributed by atoms with van der Waals surface area (Å²) in [5, 5.41) is 11.5. The Kier molecular flexibility index (Phi) is 7.91. The number of ketones is 1. The summed E-state index contributed by atoms with van der Waals surface area (Å²) in [5.41, 5.74) is 2.30. The summed E-state index contributed by atoms with van der Waals surface area (Å²) in [6, 6.07) is 8.51. The monoisotopic (exact) mass is 495 g/mol. The lowest BCUT2D eigenvalue weighted by molar-refractivity contribution is -0.140. The summed E-state index contributed by atoms with van der Waals surface area (Å²) in [6.07, 6.45) is 0.686. The number of aromatic nitrogens is 1. The van der Waals surface area contributed by atoms with Crippen LogP contribution < -0.4 is 0 Å². The highest BCUT2D eigenvalue weighted by molar-refractivity contribution is 6.46. The Morgan fingerprint density at radius 3 is 2.50 bits per heavy atom. The van der Waals surface area contributed by atoms with E-state index >= 15 is 0 Å². The largest absolute Gasteiger partial charge is 0.507 e. The third kappa shape index (κ3) is 4.94. The minimum Gasteiger partial charge on any atom is -0.507 e. The lowest BCUT2D eigenvalue weighted by Gasteiger charge is -2.29. The molecular formula is C27H33N3O6. The summed E-state index contributed by atoms with van der Waals surface area (Å²) >= 11 is 0. The molecule has 4 rings (SSSR count). The van der Waals surface area contributed by atoms with Crippen molar-refractivity contribution < 1.29 is 29.0 Å². The zero-order chi connectivity index (χ0) is 25.8. The highest BCUT2D eigenvalue weighted by atomic mass is 16.5. The lowest BCUT2D eigenvalue weighted by Crippen LogP contribution is -2.38. The van der Waals surface area contributed by atoms with Gasteiger partial charge in [0.2, 0.25) is 0 Å². The van der Waals surface area contributed by atoms with E-state index in [1.54, 1.807) is 25.7 Å². The number of aliphatic hydroxyl groups excluding tert-OH is 1. The van der Waals surface area contributed by atoms with Gasteiger partial charge in [-0.25, -0.2) is 4.79 Å². The van der Waals surface area contributed by atoms with Crippen LogP contribution in [0.4, 0.5) is 0 Å². The molecule has 0 bridgehead atoms.